The molecular formula is C21H20ClNO3. The van der Waals surface area contributed by atoms with Gasteiger partial charge in [-0.2, -0.15) is 0 Å². The Labute approximate surface area is 158 Å². The molecule has 0 saturated carbocycles. The quantitative estimate of drug-likeness (QED) is 0.814. The van der Waals surface area contributed by atoms with E-state index in [2.05, 4.69) is 12.1 Å². The topological polar surface area (TPSA) is 38.8 Å². The van der Waals surface area contributed by atoms with Crippen LogP contribution >= 0.6 is 11.6 Å². The molecule has 0 bridgehead atoms. The first-order chi connectivity index (χ1) is 12.7. The molecule has 0 fully saturated rings. The molecule has 4 nitrogen and oxygen atoms in total. The van der Waals surface area contributed by atoms with Crippen molar-refractivity contribution in [2.75, 3.05) is 31.3 Å². The minimum absolute atomic E-state index is 0.00370. The summed E-state index contributed by atoms with van der Waals surface area (Å²) in [7, 11) is 0. The third-order valence-electron chi connectivity index (χ3n) is 4.76. The molecule has 26 heavy (non-hydrogen) atoms. The zero-order chi connectivity index (χ0) is 17.9. The summed E-state index contributed by atoms with van der Waals surface area (Å²) in [6, 6.07) is 13.6. The van der Waals surface area contributed by atoms with E-state index in [4.69, 9.17) is 21.1 Å². The summed E-state index contributed by atoms with van der Waals surface area (Å²) in [4.78, 5) is 14.4. The Morgan fingerprint density at radius 1 is 1.19 bits per heavy atom. The fourth-order valence-corrected chi connectivity index (χ4v) is 3.67. The average Bonchev–Trinajstić information content (AvgIpc) is 3.11. The monoisotopic (exact) mass is 369 g/mol. The van der Waals surface area contributed by atoms with Gasteiger partial charge in [0.15, 0.2) is 6.61 Å². The van der Waals surface area contributed by atoms with Crippen molar-refractivity contribution in [1.29, 1.82) is 0 Å². The third-order valence-corrected chi connectivity index (χ3v) is 4.97. The maximum atomic E-state index is 12.6. The van der Waals surface area contributed by atoms with Gasteiger partial charge in [-0.1, -0.05) is 35.9 Å². The summed E-state index contributed by atoms with van der Waals surface area (Å²) in [6.07, 6.45) is 3.80. The van der Waals surface area contributed by atoms with Crippen molar-refractivity contribution in [3.05, 3.63) is 64.7 Å². The predicted molar refractivity (Wildman–Crippen MR) is 103 cm³/mol. The first kappa shape index (κ1) is 17.1. The van der Waals surface area contributed by atoms with Crippen LogP contribution in [0.3, 0.4) is 0 Å². The summed E-state index contributed by atoms with van der Waals surface area (Å²) in [5.41, 5.74) is 4.41. The number of carbonyl (C=O) groups excluding carboxylic acids is 1. The lowest BCUT2D eigenvalue weighted by molar-refractivity contribution is -0.120. The SMILES string of the molecule is O=C(COc1cc(Cl)cc(C2=CCOCC2)c1)N1CCc2ccccc21. The fraction of sp³-hybridized carbons (Fsp3) is 0.286. The van der Waals surface area contributed by atoms with E-state index in [0.717, 1.165) is 24.1 Å². The summed E-state index contributed by atoms with van der Waals surface area (Å²) < 4.78 is 11.1. The van der Waals surface area contributed by atoms with Gasteiger partial charge < -0.3 is 14.4 Å². The Morgan fingerprint density at radius 2 is 2.08 bits per heavy atom. The van der Waals surface area contributed by atoms with Crippen LogP contribution in [0.15, 0.2) is 48.5 Å². The van der Waals surface area contributed by atoms with Crippen molar-refractivity contribution in [2.24, 2.45) is 0 Å². The maximum Gasteiger partial charge on any atom is 0.264 e. The molecule has 0 aliphatic carbocycles. The highest BCUT2D eigenvalue weighted by atomic mass is 35.5. The number of benzene rings is 2. The van der Waals surface area contributed by atoms with Gasteiger partial charge in [-0.15, -0.1) is 0 Å². The highest BCUT2D eigenvalue weighted by Crippen LogP contribution is 2.30. The summed E-state index contributed by atoms with van der Waals surface area (Å²) in [5.74, 6) is 0.572. The molecule has 0 atom stereocenters. The second-order valence-electron chi connectivity index (χ2n) is 6.44. The molecule has 5 heteroatoms. The van der Waals surface area contributed by atoms with Gasteiger partial charge in [-0.05, 0) is 53.8 Å². The highest BCUT2D eigenvalue weighted by molar-refractivity contribution is 6.30. The fourth-order valence-electron chi connectivity index (χ4n) is 3.44. The number of fused-ring (bicyclic) bond motifs is 1. The number of ether oxygens (including phenoxy) is 2. The number of hydrogen-bond donors (Lipinski definition) is 0. The first-order valence-electron chi connectivity index (χ1n) is 8.79. The predicted octanol–water partition coefficient (Wildman–Crippen LogP) is 4.11. The molecule has 0 aromatic heterocycles. The molecule has 0 saturated heterocycles. The normalized spacial score (nSPS) is 16.2. The van der Waals surface area contributed by atoms with Gasteiger partial charge in [-0.25, -0.2) is 0 Å². The van der Waals surface area contributed by atoms with Crippen LogP contribution in [0.5, 0.6) is 5.75 Å². The number of rotatable bonds is 4. The van der Waals surface area contributed by atoms with E-state index >= 15 is 0 Å². The minimum atomic E-state index is -0.0400. The molecule has 2 aliphatic rings. The van der Waals surface area contributed by atoms with Crippen LogP contribution in [0.4, 0.5) is 5.69 Å². The Morgan fingerprint density at radius 3 is 2.92 bits per heavy atom. The van der Waals surface area contributed by atoms with Crippen LogP contribution in [0.25, 0.3) is 5.57 Å². The molecule has 0 N–H and O–H groups in total. The second-order valence-corrected chi connectivity index (χ2v) is 6.88. The molecule has 2 aromatic carbocycles. The molecule has 0 radical (unpaired) electrons. The third kappa shape index (κ3) is 3.62. The molecular weight excluding hydrogens is 350 g/mol. The zero-order valence-corrected chi connectivity index (χ0v) is 15.2. The van der Waals surface area contributed by atoms with Gasteiger partial charge >= 0.3 is 0 Å². The largest absolute Gasteiger partial charge is 0.484 e. The number of halogens is 1. The summed E-state index contributed by atoms with van der Waals surface area (Å²) in [5, 5.41) is 0.601. The van der Waals surface area contributed by atoms with E-state index < -0.39 is 0 Å². The molecule has 134 valence electrons. The van der Waals surface area contributed by atoms with E-state index in [1.54, 1.807) is 11.0 Å². The average molecular weight is 370 g/mol. The van der Waals surface area contributed by atoms with Crippen LogP contribution in [-0.2, 0) is 16.0 Å². The molecule has 0 unspecified atom stereocenters. The molecule has 0 spiro atoms. The van der Waals surface area contributed by atoms with Gasteiger partial charge in [0, 0.05) is 17.3 Å². The van der Waals surface area contributed by atoms with Crippen LogP contribution in [0.2, 0.25) is 5.02 Å². The van der Waals surface area contributed by atoms with Crippen molar-refractivity contribution in [1.82, 2.24) is 0 Å². The highest BCUT2D eigenvalue weighted by Gasteiger charge is 2.24. The van der Waals surface area contributed by atoms with E-state index in [9.17, 15) is 4.79 Å². The van der Waals surface area contributed by atoms with Crippen molar-refractivity contribution in [3.63, 3.8) is 0 Å². The number of anilines is 1. The minimum Gasteiger partial charge on any atom is -0.484 e. The van der Waals surface area contributed by atoms with Crippen molar-refractivity contribution in [2.45, 2.75) is 12.8 Å². The van der Waals surface area contributed by atoms with Gasteiger partial charge in [0.25, 0.3) is 5.91 Å². The molecule has 2 aliphatic heterocycles. The van der Waals surface area contributed by atoms with E-state index in [0.29, 0.717) is 30.5 Å². The smallest absolute Gasteiger partial charge is 0.264 e. The Kier molecular flexibility index (Phi) is 4.96. The lowest BCUT2D eigenvalue weighted by Crippen LogP contribution is -2.33. The van der Waals surface area contributed by atoms with E-state index in [1.807, 2.05) is 30.3 Å². The summed E-state index contributed by atoms with van der Waals surface area (Å²) >= 11 is 6.24. The van der Waals surface area contributed by atoms with Crippen molar-refractivity contribution in [3.8, 4) is 5.75 Å². The van der Waals surface area contributed by atoms with Gasteiger partial charge in [0.2, 0.25) is 0 Å². The Balaban J connectivity index is 1.46. The first-order valence-corrected chi connectivity index (χ1v) is 9.17. The maximum absolute atomic E-state index is 12.6. The zero-order valence-electron chi connectivity index (χ0n) is 14.4. The molecule has 4 rings (SSSR count). The Hall–Kier alpha value is -2.30. The van der Waals surface area contributed by atoms with Gasteiger partial charge in [-0.3, -0.25) is 4.79 Å². The standard InChI is InChI=1S/C21H20ClNO3/c22-18-11-17(15-6-9-25-10-7-15)12-19(13-18)26-14-21(24)23-8-5-16-3-1-2-4-20(16)23/h1-4,6,11-13H,5,7-10,14H2. The number of hydrogen-bond acceptors (Lipinski definition) is 3. The van der Waals surface area contributed by atoms with Crippen molar-refractivity contribution >= 4 is 28.8 Å². The summed E-state index contributed by atoms with van der Waals surface area (Å²) in [6.45, 7) is 2.03. The molecule has 2 aromatic rings. The lowest BCUT2D eigenvalue weighted by atomic mass is 10.0. The van der Waals surface area contributed by atoms with Crippen LogP contribution in [0, 0.1) is 0 Å². The van der Waals surface area contributed by atoms with Crippen LogP contribution in [-0.4, -0.2) is 32.3 Å². The van der Waals surface area contributed by atoms with E-state index in [-0.39, 0.29) is 12.5 Å². The van der Waals surface area contributed by atoms with Gasteiger partial charge in [0.1, 0.15) is 5.75 Å². The van der Waals surface area contributed by atoms with Crippen molar-refractivity contribution < 1.29 is 14.3 Å². The second kappa shape index (κ2) is 7.52. The number of carbonyl (C=O) groups is 1. The number of nitrogens with zero attached hydrogens (tertiary/aromatic N) is 1. The van der Waals surface area contributed by atoms with Crippen LogP contribution in [0.1, 0.15) is 17.5 Å². The number of amides is 1. The molecule has 1 amide bonds. The Bertz CT molecular complexity index is 862. The molecule has 2 heterocycles. The van der Waals surface area contributed by atoms with E-state index in [1.165, 1.54) is 11.1 Å². The van der Waals surface area contributed by atoms with Crippen LogP contribution < -0.4 is 9.64 Å². The number of para-hydroxylation sites is 1. The lowest BCUT2D eigenvalue weighted by Gasteiger charge is -2.18. The van der Waals surface area contributed by atoms with Gasteiger partial charge in [0.05, 0.1) is 13.2 Å².